The minimum atomic E-state index is -0.332. The first kappa shape index (κ1) is 21.4. The molecule has 0 fully saturated rings. The van der Waals surface area contributed by atoms with Gasteiger partial charge in [0.05, 0.1) is 12.2 Å². The van der Waals surface area contributed by atoms with E-state index in [2.05, 4.69) is 5.32 Å². The number of aromatic nitrogens is 1. The van der Waals surface area contributed by atoms with Crippen LogP contribution in [0.1, 0.15) is 41.3 Å². The fourth-order valence-corrected chi connectivity index (χ4v) is 3.26. The van der Waals surface area contributed by atoms with Crippen LogP contribution in [-0.2, 0) is 16.1 Å². The summed E-state index contributed by atoms with van der Waals surface area (Å²) in [5, 5.41) is 2.93. The molecule has 5 heteroatoms. The minimum absolute atomic E-state index is 0.0199. The summed E-state index contributed by atoms with van der Waals surface area (Å²) in [5.74, 6) is -0.352. The molecule has 1 amide bonds. The van der Waals surface area contributed by atoms with Gasteiger partial charge in [0.15, 0.2) is 0 Å². The third-order valence-corrected chi connectivity index (χ3v) is 4.89. The van der Waals surface area contributed by atoms with E-state index in [1.54, 1.807) is 6.92 Å². The molecule has 0 aliphatic rings. The van der Waals surface area contributed by atoms with Crippen molar-refractivity contribution in [2.45, 2.75) is 40.2 Å². The molecule has 0 aliphatic heterocycles. The van der Waals surface area contributed by atoms with Crippen LogP contribution in [0.3, 0.4) is 0 Å². The first-order chi connectivity index (χ1) is 14.5. The van der Waals surface area contributed by atoms with Gasteiger partial charge >= 0.3 is 5.97 Å². The first-order valence-electron chi connectivity index (χ1n) is 10.3. The SMILES string of the molecule is CCOC(=O)c1cc(-c2ccc(C)cc2)n(CCCC(=O)Nc2ccc(C)cc2)c1. The number of carbonyl (C=O) groups is 2. The van der Waals surface area contributed by atoms with E-state index in [9.17, 15) is 9.59 Å². The highest BCUT2D eigenvalue weighted by Crippen LogP contribution is 2.24. The lowest BCUT2D eigenvalue weighted by Crippen LogP contribution is -2.12. The van der Waals surface area contributed by atoms with Crippen LogP contribution in [-0.4, -0.2) is 23.1 Å². The molecule has 0 saturated heterocycles. The van der Waals surface area contributed by atoms with Crippen molar-refractivity contribution in [3.63, 3.8) is 0 Å². The van der Waals surface area contributed by atoms with E-state index in [1.165, 1.54) is 5.56 Å². The predicted octanol–water partition coefficient (Wildman–Crippen LogP) is 5.37. The molecule has 30 heavy (non-hydrogen) atoms. The van der Waals surface area contributed by atoms with Gasteiger partial charge in [-0.05, 0) is 51.0 Å². The molecular weight excluding hydrogens is 376 g/mol. The number of nitrogens with zero attached hydrogens (tertiary/aromatic N) is 1. The zero-order chi connectivity index (χ0) is 21.5. The summed E-state index contributed by atoms with van der Waals surface area (Å²) in [4.78, 5) is 24.5. The van der Waals surface area contributed by atoms with Crippen molar-refractivity contribution in [1.82, 2.24) is 4.57 Å². The van der Waals surface area contributed by atoms with E-state index in [-0.39, 0.29) is 11.9 Å². The maximum Gasteiger partial charge on any atom is 0.339 e. The van der Waals surface area contributed by atoms with E-state index < -0.39 is 0 Å². The molecular formula is C25H28N2O3. The van der Waals surface area contributed by atoms with Crippen molar-refractivity contribution < 1.29 is 14.3 Å². The molecule has 5 nitrogen and oxygen atoms in total. The van der Waals surface area contributed by atoms with Crippen molar-refractivity contribution in [3.05, 3.63) is 77.5 Å². The number of rotatable bonds is 8. The lowest BCUT2D eigenvalue weighted by molar-refractivity contribution is -0.116. The largest absolute Gasteiger partial charge is 0.462 e. The molecule has 1 N–H and O–H groups in total. The number of carbonyl (C=O) groups excluding carboxylic acids is 2. The van der Waals surface area contributed by atoms with E-state index in [4.69, 9.17) is 4.74 Å². The average molecular weight is 405 g/mol. The average Bonchev–Trinajstić information content (AvgIpc) is 3.15. The maximum absolute atomic E-state index is 12.3. The van der Waals surface area contributed by atoms with Crippen molar-refractivity contribution >= 4 is 17.6 Å². The smallest absolute Gasteiger partial charge is 0.339 e. The molecule has 0 bridgehead atoms. The van der Waals surface area contributed by atoms with Crippen LogP contribution in [0.2, 0.25) is 0 Å². The molecule has 3 aromatic rings. The van der Waals surface area contributed by atoms with Gasteiger partial charge in [0.1, 0.15) is 0 Å². The highest BCUT2D eigenvalue weighted by molar-refractivity contribution is 5.91. The summed E-state index contributed by atoms with van der Waals surface area (Å²) >= 11 is 0. The van der Waals surface area contributed by atoms with Crippen LogP contribution >= 0.6 is 0 Å². The number of esters is 1. The van der Waals surface area contributed by atoms with Gasteiger partial charge < -0.3 is 14.6 Å². The summed E-state index contributed by atoms with van der Waals surface area (Å²) in [6.45, 7) is 6.81. The Morgan fingerprint density at radius 1 is 0.967 bits per heavy atom. The number of hydrogen-bond donors (Lipinski definition) is 1. The summed E-state index contributed by atoms with van der Waals surface area (Å²) in [5.41, 5.74) is 5.63. The van der Waals surface area contributed by atoms with Gasteiger partial charge in [-0.15, -0.1) is 0 Å². The van der Waals surface area contributed by atoms with Gasteiger partial charge in [0.2, 0.25) is 5.91 Å². The first-order valence-corrected chi connectivity index (χ1v) is 10.3. The minimum Gasteiger partial charge on any atom is -0.462 e. The van der Waals surface area contributed by atoms with E-state index in [0.717, 1.165) is 22.5 Å². The number of anilines is 1. The van der Waals surface area contributed by atoms with Crippen LogP contribution in [0.4, 0.5) is 5.69 Å². The normalized spacial score (nSPS) is 10.6. The second-order valence-corrected chi connectivity index (χ2v) is 7.41. The van der Waals surface area contributed by atoms with Crippen LogP contribution in [0, 0.1) is 13.8 Å². The van der Waals surface area contributed by atoms with E-state index in [1.807, 2.05) is 79.2 Å². The molecule has 0 atom stereocenters. The number of hydrogen-bond acceptors (Lipinski definition) is 3. The molecule has 1 aromatic heterocycles. The van der Waals surface area contributed by atoms with Crippen molar-refractivity contribution in [2.75, 3.05) is 11.9 Å². The van der Waals surface area contributed by atoms with Gasteiger partial charge in [-0.2, -0.15) is 0 Å². The van der Waals surface area contributed by atoms with Gasteiger partial charge in [-0.3, -0.25) is 4.79 Å². The number of benzene rings is 2. The van der Waals surface area contributed by atoms with Gasteiger partial charge in [0, 0.05) is 30.5 Å². The fraction of sp³-hybridized carbons (Fsp3) is 0.280. The molecule has 2 aromatic carbocycles. The number of nitrogens with one attached hydrogen (secondary N) is 1. The molecule has 0 radical (unpaired) electrons. The Hall–Kier alpha value is -3.34. The highest BCUT2D eigenvalue weighted by atomic mass is 16.5. The zero-order valence-corrected chi connectivity index (χ0v) is 17.8. The zero-order valence-electron chi connectivity index (χ0n) is 17.8. The predicted molar refractivity (Wildman–Crippen MR) is 120 cm³/mol. The third kappa shape index (κ3) is 5.60. The topological polar surface area (TPSA) is 60.3 Å². The second kappa shape index (κ2) is 9.92. The summed E-state index contributed by atoms with van der Waals surface area (Å²) < 4.78 is 7.18. The van der Waals surface area contributed by atoms with Crippen LogP contribution in [0.5, 0.6) is 0 Å². The van der Waals surface area contributed by atoms with Crippen molar-refractivity contribution in [3.8, 4) is 11.3 Å². The lowest BCUT2D eigenvalue weighted by Gasteiger charge is -2.10. The highest BCUT2D eigenvalue weighted by Gasteiger charge is 2.15. The van der Waals surface area contributed by atoms with E-state index >= 15 is 0 Å². The molecule has 0 unspecified atom stereocenters. The summed E-state index contributed by atoms with van der Waals surface area (Å²) in [6.07, 6.45) is 2.87. The summed E-state index contributed by atoms with van der Waals surface area (Å²) in [7, 11) is 0. The Morgan fingerprint density at radius 2 is 1.60 bits per heavy atom. The number of ether oxygens (including phenoxy) is 1. The van der Waals surface area contributed by atoms with Crippen molar-refractivity contribution in [1.29, 1.82) is 0 Å². The van der Waals surface area contributed by atoms with Gasteiger partial charge in [0.25, 0.3) is 0 Å². The Bertz CT molecular complexity index is 1000. The monoisotopic (exact) mass is 404 g/mol. The standard InChI is InChI=1S/C25H28N2O3/c1-4-30-25(29)21-16-23(20-11-7-18(2)8-12-20)27(17-21)15-5-6-24(28)26-22-13-9-19(3)10-14-22/h7-14,16-17H,4-6,15H2,1-3H3,(H,26,28). The maximum atomic E-state index is 12.3. The number of amides is 1. The van der Waals surface area contributed by atoms with Crippen LogP contribution in [0.25, 0.3) is 11.3 Å². The van der Waals surface area contributed by atoms with E-state index in [0.29, 0.717) is 31.6 Å². The van der Waals surface area contributed by atoms with Crippen molar-refractivity contribution in [2.24, 2.45) is 0 Å². The Labute approximate surface area is 177 Å². The van der Waals surface area contributed by atoms with Crippen LogP contribution < -0.4 is 5.32 Å². The molecule has 156 valence electrons. The van der Waals surface area contributed by atoms with Gasteiger partial charge in [-0.1, -0.05) is 47.5 Å². The lowest BCUT2D eigenvalue weighted by atomic mass is 10.1. The Morgan fingerprint density at radius 3 is 2.23 bits per heavy atom. The Kier molecular flexibility index (Phi) is 7.07. The summed E-state index contributed by atoms with van der Waals surface area (Å²) in [6, 6.07) is 17.8. The molecule has 0 saturated carbocycles. The fourth-order valence-electron chi connectivity index (χ4n) is 3.26. The second-order valence-electron chi connectivity index (χ2n) is 7.41. The molecule has 1 heterocycles. The third-order valence-electron chi connectivity index (χ3n) is 4.89. The number of aryl methyl sites for hydroxylation is 3. The molecule has 0 aliphatic carbocycles. The van der Waals surface area contributed by atoms with Gasteiger partial charge in [-0.25, -0.2) is 4.79 Å². The Balaban J connectivity index is 1.68. The quantitative estimate of drug-likeness (QED) is 0.514. The van der Waals surface area contributed by atoms with Crippen LogP contribution in [0.15, 0.2) is 60.8 Å². The molecule has 3 rings (SSSR count). The molecule has 0 spiro atoms.